The Morgan fingerprint density at radius 2 is 2.35 bits per heavy atom. The molecule has 0 saturated heterocycles. The fourth-order valence-electron chi connectivity index (χ4n) is 1.32. The molecule has 0 fully saturated rings. The van der Waals surface area contributed by atoms with Gasteiger partial charge in [0.05, 0.1) is 0 Å². The molecule has 0 aliphatic heterocycles. The van der Waals surface area contributed by atoms with Gasteiger partial charge in [0.15, 0.2) is 4.34 Å². The molecule has 17 heavy (non-hydrogen) atoms. The molecule has 7 heteroatoms. The highest BCUT2D eigenvalue weighted by Gasteiger charge is 2.22. The number of unbranched alkanes of at least 4 members (excludes halogenated alkanes) is 1. The first-order chi connectivity index (χ1) is 8.06. The molecule has 0 saturated carbocycles. The smallest absolute Gasteiger partial charge is 0.174 e. The quantitative estimate of drug-likeness (QED) is 0.199. The molecule has 1 rings (SSSR count). The van der Waals surface area contributed by atoms with E-state index in [2.05, 4.69) is 15.4 Å². The first-order valence-electron chi connectivity index (χ1n) is 5.43. The molecule has 1 aromatic rings. The van der Waals surface area contributed by atoms with Gasteiger partial charge in [-0.05, 0) is 12.8 Å². The van der Waals surface area contributed by atoms with Gasteiger partial charge in [0.25, 0.3) is 0 Å². The largest absolute Gasteiger partial charge is 0.409 e. The summed E-state index contributed by atoms with van der Waals surface area (Å²) in [4.78, 5) is 0. The van der Waals surface area contributed by atoms with Gasteiger partial charge in [-0.2, -0.15) is 0 Å². The van der Waals surface area contributed by atoms with Crippen molar-refractivity contribution in [2.45, 2.75) is 37.4 Å². The Labute approximate surface area is 110 Å². The van der Waals surface area contributed by atoms with E-state index in [0.717, 1.165) is 29.4 Å². The number of thioether (sulfide) groups is 1. The first-order valence-corrected chi connectivity index (χ1v) is 7.30. The molecule has 0 unspecified atom stereocenters. The van der Waals surface area contributed by atoms with Crippen LogP contribution in [-0.4, -0.2) is 27.0 Å². The van der Waals surface area contributed by atoms with Gasteiger partial charge in [-0.25, -0.2) is 0 Å². The normalized spacial score (nSPS) is 12.9. The van der Waals surface area contributed by atoms with Crippen molar-refractivity contribution >= 4 is 28.9 Å². The third-order valence-electron chi connectivity index (χ3n) is 2.56. The van der Waals surface area contributed by atoms with E-state index in [-0.39, 0.29) is 5.41 Å². The Bertz CT molecular complexity index is 351. The lowest BCUT2D eigenvalue weighted by Gasteiger charge is -2.22. The van der Waals surface area contributed by atoms with Crippen molar-refractivity contribution in [3.05, 3.63) is 5.51 Å². The molecule has 5 nitrogen and oxygen atoms in total. The van der Waals surface area contributed by atoms with Crippen LogP contribution in [0.25, 0.3) is 0 Å². The van der Waals surface area contributed by atoms with E-state index in [0.29, 0.717) is 5.84 Å². The minimum Gasteiger partial charge on any atom is -0.409 e. The van der Waals surface area contributed by atoms with E-state index in [1.807, 2.05) is 13.8 Å². The maximum absolute atomic E-state index is 8.64. The Morgan fingerprint density at radius 1 is 1.59 bits per heavy atom. The minimum atomic E-state index is -0.234. The maximum atomic E-state index is 8.64. The molecule has 96 valence electrons. The van der Waals surface area contributed by atoms with E-state index in [4.69, 9.17) is 10.9 Å². The molecule has 0 radical (unpaired) electrons. The molecule has 0 aliphatic rings. The number of aromatic nitrogens is 2. The molecular formula is C10H18N4OS2. The highest BCUT2D eigenvalue weighted by atomic mass is 32.2. The summed E-state index contributed by atoms with van der Waals surface area (Å²) in [5.41, 5.74) is 7.13. The van der Waals surface area contributed by atoms with Crippen molar-refractivity contribution in [3.8, 4) is 0 Å². The maximum Gasteiger partial charge on any atom is 0.174 e. The van der Waals surface area contributed by atoms with Crippen LogP contribution in [0, 0.1) is 5.41 Å². The van der Waals surface area contributed by atoms with Gasteiger partial charge in [-0.3, -0.25) is 0 Å². The molecule has 0 spiro atoms. The molecule has 1 heterocycles. The zero-order valence-electron chi connectivity index (χ0n) is 10.1. The van der Waals surface area contributed by atoms with E-state index in [9.17, 15) is 0 Å². The van der Waals surface area contributed by atoms with Gasteiger partial charge >= 0.3 is 0 Å². The van der Waals surface area contributed by atoms with Crippen LogP contribution in [0.2, 0.25) is 0 Å². The minimum absolute atomic E-state index is 0.234. The zero-order chi connectivity index (χ0) is 12.7. The third kappa shape index (κ3) is 4.91. The second-order valence-corrected chi connectivity index (χ2v) is 6.55. The van der Waals surface area contributed by atoms with Crippen LogP contribution in [0.3, 0.4) is 0 Å². The highest BCUT2D eigenvalue weighted by Crippen LogP contribution is 2.25. The molecule has 0 aliphatic carbocycles. The summed E-state index contributed by atoms with van der Waals surface area (Å²) in [6.45, 7) is 3.97. The fraction of sp³-hybridized carbons (Fsp3) is 0.700. The van der Waals surface area contributed by atoms with Crippen LogP contribution in [0.1, 0.15) is 33.1 Å². The summed E-state index contributed by atoms with van der Waals surface area (Å²) < 4.78 is 1.01. The van der Waals surface area contributed by atoms with E-state index < -0.39 is 0 Å². The molecule has 0 aromatic carbocycles. The van der Waals surface area contributed by atoms with Crippen molar-refractivity contribution in [2.24, 2.45) is 16.3 Å². The number of oxime groups is 1. The number of nitrogens with two attached hydrogens (primary N) is 1. The van der Waals surface area contributed by atoms with Gasteiger partial charge in [0.1, 0.15) is 11.3 Å². The van der Waals surface area contributed by atoms with E-state index in [1.165, 1.54) is 0 Å². The lowest BCUT2D eigenvalue weighted by molar-refractivity contribution is 0.304. The number of amidine groups is 1. The number of rotatable bonds is 7. The topological polar surface area (TPSA) is 84.4 Å². The summed E-state index contributed by atoms with van der Waals surface area (Å²) in [5.74, 6) is 1.33. The Hall–Kier alpha value is -0.820. The standard InChI is InChI=1S/C10H18N4OS2/c1-10(2,8(11)14-15)5-3-4-6-16-9-13-12-7-17-9/h7,15H,3-6H2,1-2H3,(H2,11,14). The monoisotopic (exact) mass is 274 g/mol. The van der Waals surface area contributed by atoms with Crippen molar-refractivity contribution in [1.29, 1.82) is 0 Å². The van der Waals surface area contributed by atoms with Crippen molar-refractivity contribution in [2.75, 3.05) is 5.75 Å². The molecule has 0 amide bonds. The van der Waals surface area contributed by atoms with Gasteiger partial charge in [0, 0.05) is 11.2 Å². The Kier molecular flexibility index (Phi) is 5.70. The van der Waals surface area contributed by atoms with Crippen LogP contribution in [0.4, 0.5) is 0 Å². The lowest BCUT2D eigenvalue weighted by atomic mass is 9.86. The molecule has 3 N–H and O–H groups in total. The number of hydrogen-bond acceptors (Lipinski definition) is 6. The zero-order valence-corrected chi connectivity index (χ0v) is 11.7. The fourth-order valence-corrected chi connectivity index (χ4v) is 2.88. The summed E-state index contributed by atoms with van der Waals surface area (Å²) in [6, 6.07) is 0. The van der Waals surface area contributed by atoms with Crippen molar-refractivity contribution < 1.29 is 5.21 Å². The molecular weight excluding hydrogens is 256 g/mol. The van der Waals surface area contributed by atoms with E-state index >= 15 is 0 Å². The number of hydrogen-bond donors (Lipinski definition) is 2. The Balaban J connectivity index is 2.16. The van der Waals surface area contributed by atoms with Crippen LogP contribution in [-0.2, 0) is 0 Å². The third-order valence-corrected chi connectivity index (χ3v) is 4.51. The van der Waals surface area contributed by atoms with Crippen LogP contribution in [0.5, 0.6) is 0 Å². The summed E-state index contributed by atoms with van der Waals surface area (Å²) in [6.07, 6.45) is 3.06. The first kappa shape index (κ1) is 14.2. The summed E-state index contributed by atoms with van der Waals surface area (Å²) in [7, 11) is 0. The molecule has 0 bridgehead atoms. The van der Waals surface area contributed by atoms with Crippen LogP contribution < -0.4 is 5.73 Å². The molecule has 1 aromatic heterocycles. The van der Waals surface area contributed by atoms with Gasteiger partial charge in [-0.1, -0.05) is 48.5 Å². The van der Waals surface area contributed by atoms with Gasteiger partial charge in [-0.15, -0.1) is 10.2 Å². The average Bonchev–Trinajstić information content (AvgIpc) is 2.80. The predicted molar refractivity (Wildman–Crippen MR) is 71.7 cm³/mol. The van der Waals surface area contributed by atoms with Gasteiger partial charge in [0.2, 0.25) is 0 Å². The average molecular weight is 274 g/mol. The second-order valence-electron chi connectivity index (χ2n) is 4.38. The summed E-state index contributed by atoms with van der Waals surface area (Å²) >= 11 is 3.29. The summed E-state index contributed by atoms with van der Waals surface area (Å²) in [5, 5.41) is 19.5. The predicted octanol–water partition coefficient (Wildman–Crippen LogP) is 2.57. The van der Waals surface area contributed by atoms with Crippen LogP contribution in [0.15, 0.2) is 15.0 Å². The van der Waals surface area contributed by atoms with E-state index in [1.54, 1.807) is 28.6 Å². The lowest BCUT2D eigenvalue weighted by Crippen LogP contribution is -2.31. The highest BCUT2D eigenvalue weighted by molar-refractivity contribution is 8.00. The van der Waals surface area contributed by atoms with Crippen molar-refractivity contribution in [1.82, 2.24) is 10.2 Å². The Morgan fingerprint density at radius 3 is 2.94 bits per heavy atom. The van der Waals surface area contributed by atoms with Gasteiger partial charge < -0.3 is 10.9 Å². The number of nitrogens with zero attached hydrogens (tertiary/aromatic N) is 3. The molecule has 0 atom stereocenters. The van der Waals surface area contributed by atoms with Crippen LogP contribution >= 0.6 is 23.1 Å². The van der Waals surface area contributed by atoms with Crippen molar-refractivity contribution in [3.63, 3.8) is 0 Å². The second kappa shape index (κ2) is 6.80. The SMILES string of the molecule is CC(C)(CCCCSc1nncs1)C(N)=NO.